The first kappa shape index (κ1) is 22.2. The van der Waals surface area contributed by atoms with Crippen LogP contribution in [0.2, 0.25) is 0 Å². The summed E-state index contributed by atoms with van der Waals surface area (Å²) in [6.07, 6.45) is 7.63. The van der Waals surface area contributed by atoms with Crippen LogP contribution in [0.25, 0.3) is 27.7 Å². The largest absolute Gasteiger partial charge is 0.346 e. The molecule has 2 saturated heterocycles. The molecule has 2 fully saturated rings. The van der Waals surface area contributed by atoms with Crippen LogP contribution in [0.4, 0.5) is 0 Å². The topological polar surface area (TPSA) is 76.0 Å². The van der Waals surface area contributed by atoms with Gasteiger partial charge in [0.05, 0.1) is 17.3 Å². The van der Waals surface area contributed by atoms with Crippen LogP contribution in [0, 0.1) is 0 Å². The first-order valence-electron chi connectivity index (χ1n) is 12.4. The first-order chi connectivity index (χ1) is 17.0. The zero-order chi connectivity index (χ0) is 23.9. The van der Waals surface area contributed by atoms with Crippen LogP contribution < -0.4 is 0 Å². The molecule has 0 aliphatic carbocycles. The highest BCUT2D eigenvalue weighted by molar-refractivity contribution is 6.02. The van der Waals surface area contributed by atoms with Gasteiger partial charge in [0.1, 0.15) is 5.65 Å². The van der Waals surface area contributed by atoms with Crippen LogP contribution in [-0.4, -0.2) is 112 Å². The van der Waals surface area contributed by atoms with Gasteiger partial charge in [-0.2, -0.15) is 5.10 Å². The van der Waals surface area contributed by atoms with E-state index in [1.807, 2.05) is 23.5 Å². The summed E-state index contributed by atoms with van der Waals surface area (Å²) in [5, 5.41) is 5.55. The molecule has 0 saturated carbocycles. The van der Waals surface area contributed by atoms with Crippen molar-refractivity contribution in [3.8, 4) is 11.1 Å². The lowest BCUT2D eigenvalue weighted by atomic mass is 10.0. The maximum Gasteiger partial charge on any atom is 0.257 e. The Morgan fingerprint density at radius 1 is 0.971 bits per heavy atom. The molecule has 4 aromatic rings. The van der Waals surface area contributed by atoms with Crippen molar-refractivity contribution in [2.45, 2.75) is 6.54 Å². The molecule has 1 N–H and O–H groups in total. The first-order valence-corrected chi connectivity index (χ1v) is 12.4. The Morgan fingerprint density at radius 2 is 1.71 bits per heavy atom. The molecule has 0 spiro atoms. The van der Waals surface area contributed by atoms with Crippen LogP contribution in [0.15, 0.2) is 43.0 Å². The number of H-pyrrole nitrogens is 1. The number of carbonyl (C=O) groups is 1. The third-order valence-corrected chi connectivity index (χ3v) is 7.44. The second-order valence-corrected chi connectivity index (χ2v) is 9.92. The normalized spacial score (nSPS) is 18.6. The molecule has 4 aromatic heterocycles. The Labute approximate surface area is 204 Å². The van der Waals surface area contributed by atoms with Gasteiger partial charge in [-0.3, -0.25) is 9.69 Å². The van der Waals surface area contributed by atoms with E-state index in [0.29, 0.717) is 5.56 Å². The summed E-state index contributed by atoms with van der Waals surface area (Å²) in [4.78, 5) is 30.3. The Kier molecular flexibility index (Phi) is 5.75. The Hall–Kier alpha value is -3.27. The van der Waals surface area contributed by atoms with Gasteiger partial charge in [0.2, 0.25) is 0 Å². The number of aromatic amines is 1. The predicted octanol–water partition coefficient (Wildman–Crippen LogP) is 2.01. The van der Waals surface area contributed by atoms with E-state index in [1.54, 1.807) is 10.7 Å². The van der Waals surface area contributed by atoms with Crippen molar-refractivity contribution in [1.82, 2.24) is 39.2 Å². The average Bonchev–Trinajstić information content (AvgIpc) is 3.49. The molecule has 1 amide bonds. The standard InChI is InChI=1S/C26H32N8O/c1-30-5-9-32(10-6-30)18-19-13-21-22(16-28-25(21)27-15-19)20-3-4-34-24(14-20)23(17-29-34)26(35)33-11-7-31(2)8-12-33/h3-4,13-17H,5-12,18H2,1-2H3,(H,27,28). The number of amides is 1. The quantitative estimate of drug-likeness (QED) is 0.490. The van der Waals surface area contributed by atoms with E-state index in [0.717, 1.165) is 86.6 Å². The van der Waals surface area contributed by atoms with E-state index in [9.17, 15) is 4.79 Å². The summed E-state index contributed by atoms with van der Waals surface area (Å²) >= 11 is 0. The van der Waals surface area contributed by atoms with E-state index in [2.05, 4.69) is 57.1 Å². The van der Waals surface area contributed by atoms with E-state index >= 15 is 0 Å². The average molecular weight is 473 g/mol. The predicted molar refractivity (Wildman–Crippen MR) is 136 cm³/mol. The SMILES string of the molecule is CN1CCN(Cc2cnc3[nH]cc(-c4ccn5ncc(C(=O)N6CCN(C)CC6)c5c4)c3c2)CC1. The third-order valence-electron chi connectivity index (χ3n) is 7.44. The van der Waals surface area contributed by atoms with Gasteiger partial charge in [-0.05, 0) is 43.4 Å². The molecule has 0 atom stereocenters. The van der Waals surface area contributed by atoms with Crippen molar-refractivity contribution in [3.05, 3.63) is 54.1 Å². The number of hydrogen-bond acceptors (Lipinski definition) is 6. The van der Waals surface area contributed by atoms with Crippen LogP contribution in [0.1, 0.15) is 15.9 Å². The molecule has 0 radical (unpaired) electrons. The van der Waals surface area contributed by atoms with Gasteiger partial charge in [0.25, 0.3) is 5.91 Å². The van der Waals surface area contributed by atoms with Crippen molar-refractivity contribution >= 4 is 22.5 Å². The van der Waals surface area contributed by atoms with Crippen molar-refractivity contribution in [2.75, 3.05) is 66.5 Å². The molecule has 0 aromatic carbocycles. The van der Waals surface area contributed by atoms with Gasteiger partial charge < -0.3 is 19.7 Å². The fraction of sp³-hybridized carbons (Fsp3) is 0.423. The Balaban J connectivity index is 1.30. The van der Waals surface area contributed by atoms with Crippen molar-refractivity contribution in [1.29, 1.82) is 0 Å². The van der Waals surface area contributed by atoms with Gasteiger partial charge >= 0.3 is 0 Å². The highest BCUT2D eigenvalue weighted by Gasteiger charge is 2.23. The van der Waals surface area contributed by atoms with Gasteiger partial charge in [-0.1, -0.05) is 0 Å². The highest BCUT2D eigenvalue weighted by atomic mass is 16.2. The number of hydrogen-bond donors (Lipinski definition) is 1. The number of carbonyl (C=O) groups excluding carboxylic acids is 1. The lowest BCUT2D eigenvalue weighted by Gasteiger charge is -2.32. The van der Waals surface area contributed by atoms with Gasteiger partial charge in [-0.15, -0.1) is 0 Å². The van der Waals surface area contributed by atoms with Crippen LogP contribution >= 0.6 is 0 Å². The number of nitrogens with one attached hydrogen (secondary N) is 1. The van der Waals surface area contributed by atoms with Gasteiger partial charge in [0.15, 0.2) is 0 Å². The molecule has 9 nitrogen and oxygen atoms in total. The molecule has 35 heavy (non-hydrogen) atoms. The monoisotopic (exact) mass is 472 g/mol. The third kappa shape index (κ3) is 4.31. The molecule has 182 valence electrons. The summed E-state index contributed by atoms with van der Waals surface area (Å²) in [6, 6.07) is 6.38. The summed E-state index contributed by atoms with van der Waals surface area (Å²) in [6.45, 7) is 8.56. The van der Waals surface area contributed by atoms with Crippen molar-refractivity contribution < 1.29 is 4.79 Å². The smallest absolute Gasteiger partial charge is 0.257 e. The van der Waals surface area contributed by atoms with Gasteiger partial charge in [0, 0.05) is 88.4 Å². The molecular weight excluding hydrogens is 440 g/mol. The number of aromatic nitrogens is 4. The maximum atomic E-state index is 13.3. The number of piperazine rings is 2. The zero-order valence-corrected chi connectivity index (χ0v) is 20.4. The zero-order valence-electron chi connectivity index (χ0n) is 20.4. The highest BCUT2D eigenvalue weighted by Crippen LogP contribution is 2.30. The second-order valence-electron chi connectivity index (χ2n) is 9.92. The van der Waals surface area contributed by atoms with E-state index in [4.69, 9.17) is 4.98 Å². The lowest BCUT2D eigenvalue weighted by molar-refractivity contribution is 0.0666. The van der Waals surface area contributed by atoms with Crippen LogP contribution in [0.5, 0.6) is 0 Å². The van der Waals surface area contributed by atoms with Crippen molar-refractivity contribution in [2.24, 2.45) is 0 Å². The lowest BCUT2D eigenvalue weighted by Crippen LogP contribution is -2.47. The van der Waals surface area contributed by atoms with E-state index < -0.39 is 0 Å². The number of pyridine rings is 2. The number of rotatable bonds is 4. The Bertz CT molecular complexity index is 1360. The molecule has 9 heteroatoms. The summed E-state index contributed by atoms with van der Waals surface area (Å²) in [5.41, 5.74) is 5.74. The minimum atomic E-state index is 0.0558. The molecule has 2 aliphatic rings. The van der Waals surface area contributed by atoms with Gasteiger partial charge in [-0.25, -0.2) is 9.50 Å². The van der Waals surface area contributed by atoms with Crippen molar-refractivity contribution in [3.63, 3.8) is 0 Å². The number of likely N-dealkylation sites (N-methyl/N-ethyl adjacent to an activating group) is 2. The van der Waals surface area contributed by atoms with Crippen LogP contribution in [0.3, 0.4) is 0 Å². The fourth-order valence-electron chi connectivity index (χ4n) is 5.13. The fourth-order valence-corrected chi connectivity index (χ4v) is 5.13. The molecule has 0 bridgehead atoms. The molecule has 0 unspecified atom stereocenters. The molecule has 6 heterocycles. The summed E-state index contributed by atoms with van der Waals surface area (Å²) in [7, 11) is 4.27. The maximum absolute atomic E-state index is 13.3. The number of fused-ring (bicyclic) bond motifs is 2. The number of nitrogens with zero attached hydrogens (tertiary/aromatic N) is 7. The molecule has 6 rings (SSSR count). The molecular formula is C26H32N8O. The van der Waals surface area contributed by atoms with E-state index in [1.165, 1.54) is 5.56 Å². The minimum absolute atomic E-state index is 0.0558. The minimum Gasteiger partial charge on any atom is -0.346 e. The molecule has 2 aliphatic heterocycles. The summed E-state index contributed by atoms with van der Waals surface area (Å²) in [5.74, 6) is 0.0558. The second kappa shape index (κ2) is 9.07. The summed E-state index contributed by atoms with van der Waals surface area (Å²) < 4.78 is 1.79. The van der Waals surface area contributed by atoms with E-state index in [-0.39, 0.29) is 5.91 Å². The Morgan fingerprint density at radius 3 is 2.49 bits per heavy atom. The van der Waals surface area contributed by atoms with Crippen LogP contribution in [-0.2, 0) is 6.54 Å².